The van der Waals surface area contributed by atoms with E-state index in [9.17, 15) is 4.79 Å². The molecule has 0 aromatic heterocycles. The average Bonchev–Trinajstić information content (AvgIpc) is 3.20. The highest BCUT2D eigenvalue weighted by Gasteiger charge is 2.22. The molecule has 0 aliphatic carbocycles. The van der Waals surface area contributed by atoms with Gasteiger partial charge in [0, 0.05) is 19.2 Å². The van der Waals surface area contributed by atoms with Crippen molar-refractivity contribution in [1.29, 1.82) is 0 Å². The lowest BCUT2D eigenvalue weighted by Gasteiger charge is -2.32. The summed E-state index contributed by atoms with van der Waals surface area (Å²) < 4.78 is 16.3. The van der Waals surface area contributed by atoms with Crippen LogP contribution in [0.5, 0.6) is 17.2 Å². The van der Waals surface area contributed by atoms with Gasteiger partial charge in [0.25, 0.3) is 0 Å². The molecule has 2 aliphatic rings. The Morgan fingerprint density at radius 3 is 2.68 bits per heavy atom. The van der Waals surface area contributed by atoms with Crippen molar-refractivity contribution in [2.75, 3.05) is 33.0 Å². The Bertz CT molecular complexity index is 788. The number of fused-ring (bicyclic) bond motifs is 1. The maximum Gasteiger partial charge on any atom is 0.317 e. The largest absolute Gasteiger partial charge is 0.492 e. The van der Waals surface area contributed by atoms with Crippen molar-refractivity contribution in [3.05, 3.63) is 54.1 Å². The maximum atomic E-state index is 12.4. The normalized spacial score (nSPS) is 16.1. The van der Waals surface area contributed by atoms with Gasteiger partial charge >= 0.3 is 6.03 Å². The molecule has 28 heavy (non-hydrogen) atoms. The third-order valence-electron chi connectivity index (χ3n) is 5.26. The van der Waals surface area contributed by atoms with Crippen LogP contribution < -0.4 is 19.5 Å². The molecule has 0 unspecified atom stereocenters. The summed E-state index contributed by atoms with van der Waals surface area (Å²) in [6.45, 7) is 2.75. The Morgan fingerprint density at radius 1 is 1.07 bits per heavy atom. The lowest BCUT2D eigenvalue weighted by molar-refractivity contribution is 0.168. The number of likely N-dealkylation sites (tertiary alicyclic amines) is 1. The molecule has 0 spiro atoms. The second-order valence-electron chi connectivity index (χ2n) is 7.22. The van der Waals surface area contributed by atoms with Crippen LogP contribution in [-0.4, -0.2) is 44.0 Å². The van der Waals surface area contributed by atoms with Gasteiger partial charge in [-0.05, 0) is 42.9 Å². The number of nitrogens with zero attached hydrogens (tertiary/aromatic N) is 1. The van der Waals surface area contributed by atoms with Gasteiger partial charge in [0.2, 0.25) is 6.79 Å². The fraction of sp³-hybridized carbons (Fsp3) is 0.409. The van der Waals surface area contributed by atoms with Gasteiger partial charge in [-0.15, -0.1) is 0 Å². The smallest absolute Gasteiger partial charge is 0.317 e. The number of hydrogen-bond acceptors (Lipinski definition) is 4. The number of urea groups is 1. The molecule has 1 fully saturated rings. The molecule has 6 nitrogen and oxygen atoms in total. The topological polar surface area (TPSA) is 60.0 Å². The zero-order valence-corrected chi connectivity index (χ0v) is 15.9. The van der Waals surface area contributed by atoms with Crippen LogP contribution >= 0.6 is 0 Å². The number of carbonyl (C=O) groups is 1. The van der Waals surface area contributed by atoms with E-state index in [2.05, 4.69) is 29.6 Å². The summed E-state index contributed by atoms with van der Waals surface area (Å²) in [6, 6.07) is 16.1. The Morgan fingerprint density at radius 2 is 1.86 bits per heavy atom. The van der Waals surface area contributed by atoms with E-state index in [4.69, 9.17) is 14.2 Å². The Balaban J connectivity index is 1.14. The molecule has 148 valence electrons. The van der Waals surface area contributed by atoms with Crippen LogP contribution in [0.2, 0.25) is 0 Å². The lowest BCUT2D eigenvalue weighted by Crippen LogP contribution is -2.45. The number of benzene rings is 2. The molecule has 0 saturated carbocycles. The predicted octanol–water partition coefficient (Wildman–Crippen LogP) is 3.46. The van der Waals surface area contributed by atoms with Crippen molar-refractivity contribution in [2.24, 2.45) is 5.92 Å². The Hall–Kier alpha value is -2.89. The van der Waals surface area contributed by atoms with Gasteiger partial charge in [0.05, 0.1) is 6.54 Å². The summed E-state index contributed by atoms with van der Waals surface area (Å²) in [7, 11) is 0. The van der Waals surface area contributed by atoms with Crippen LogP contribution in [0.15, 0.2) is 48.5 Å². The van der Waals surface area contributed by atoms with Crippen molar-refractivity contribution in [3.8, 4) is 17.2 Å². The summed E-state index contributed by atoms with van der Waals surface area (Å²) in [4.78, 5) is 14.3. The highest BCUT2D eigenvalue weighted by molar-refractivity contribution is 5.74. The number of ether oxygens (including phenoxy) is 3. The van der Waals surface area contributed by atoms with E-state index in [-0.39, 0.29) is 12.8 Å². The van der Waals surface area contributed by atoms with E-state index in [1.165, 1.54) is 5.56 Å². The highest BCUT2D eigenvalue weighted by Crippen LogP contribution is 2.35. The van der Waals surface area contributed by atoms with Crippen LogP contribution in [0, 0.1) is 5.92 Å². The number of rotatable bonds is 6. The first-order valence-corrected chi connectivity index (χ1v) is 9.87. The van der Waals surface area contributed by atoms with Crippen LogP contribution in [0.1, 0.15) is 18.4 Å². The molecule has 1 N–H and O–H groups in total. The van der Waals surface area contributed by atoms with Gasteiger partial charge in [-0.2, -0.15) is 0 Å². The first-order valence-electron chi connectivity index (χ1n) is 9.87. The molecule has 0 radical (unpaired) electrons. The zero-order chi connectivity index (χ0) is 19.2. The first-order chi connectivity index (χ1) is 13.8. The summed E-state index contributed by atoms with van der Waals surface area (Å²) >= 11 is 0. The van der Waals surface area contributed by atoms with Crippen LogP contribution in [0.4, 0.5) is 4.79 Å². The van der Waals surface area contributed by atoms with Gasteiger partial charge in [0.1, 0.15) is 12.4 Å². The number of piperidine rings is 1. The van der Waals surface area contributed by atoms with E-state index in [0.717, 1.165) is 38.1 Å². The number of hydrogen-bond donors (Lipinski definition) is 1. The van der Waals surface area contributed by atoms with Gasteiger partial charge in [-0.1, -0.05) is 30.3 Å². The molecule has 0 atom stereocenters. The second-order valence-corrected chi connectivity index (χ2v) is 7.22. The van der Waals surface area contributed by atoms with Crippen LogP contribution in [0.3, 0.4) is 0 Å². The fourth-order valence-corrected chi connectivity index (χ4v) is 3.69. The van der Waals surface area contributed by atoms with Crippen LogP contribution in [0.25, 0.3) is 0 Å². The Labute approximate surface area is 165 Å². The molecule has 2 aliphatic heterocycles. The third kappa shape index (κ3) is 4.68. The molecule has 0 bridgehead atoms. The second kappa shape index (κ2) is 8.87. The van der Waals surface area contributed by atoms with Crippen molar-refractivity contribution in [3.63, 3.8) is 0 Å². The zero-order valence-electron chi connectivity index (χ0n) is 15.9. The maximum absolute atomic E-state index is 12.4. The molecule has 2 heterocycles. The summed E-state index contributed by atoms with van der Waals surface area (Å²) in [5, 5.41) is 2.95. The number of amides is 2. The highest BCUT2D eigenvalue weighted by atomic mass is 16.7. The minimum atomic E-state index is -0.00699. The van der Waals surface area contributed by atoms with Gasteiger partial charge in [-0.25, -0.2) is 4.79 Å². The monoisotopic (exact) mass is 382 g/mol. The van der Waals surface area contributed by atoms with Gasteiger partial charge < -0.3 is 24.4 Å². The molecule has 1 saturated heterocycles. The summed E-state index contributed by atoms with van der Waals surface area (Å²) in [6.07, 6.45) is 3.20. The van der Waals surface area contributed by atoms with Gasteiger partial charge in [0.15, 0.2) is 11.5 Å². The van der Waals surface area contributed by atoms with E-state index in [1.54, 1.807) is 0 Å². The molecule has 2 amide bonds. The third-order valence-corrected chi connectivity index (χ3v) is 5.26. The molecular formula is C22H26N2O4. The molecule has 2 aromatic rings. The summed E-state index contributed by atoms with van der Waals surface area (Å²) in [5.74, 6) is 2.79. The van der Waals surface area contributed by atoms with E-state index in [0.29, 0.717) is 30.6 Å². The van der Waals surface area contributed by atoms with E-state index >= 15 is 0 Å². The predicted molar refractivity (Wildman–Crippen MR) is 106 cm³/mol. The molecule has 2 aromatic carbocycles. The lowest BCUT2D eigenvalue weighted by atomic mass is 9.90. The van der Waals surface area contributed by atoms with Gasteiger partial charge in [-0.3, -0.25) is 0 Å². The van der Waals surface area contributed by atoms with E-state index < -0.39 is 0 Å². The quantitative estimate of drug-likeness (QED) is 0.778. The fourth-order valence-electron chi connectivity index (χ4n) is 3.69. The first kappa shape index (κ1) is 18.5. The van der Waals surface area contributed by atoms with Crippen molar-refractivity contribution < 1.29 is 19.0 Å². The molecular weight excluding hydrogens is 356 g/mol. The van der Waals surface area contributed by atoms with Crippen molar-refractivity contribution in [1.82, 2.24) is 10.2 Å². The van der Waals surface area contributed by atoms with Crippen molar-refractivity contribution >= 4 is 6.03 Å². The standard InChI is InChI=1S/C22H26N2O4/c25-22(23-10-13-26-19-6-7-20-21(15-19)28-16-27-20)24-11-8-18(9-12-24)14-17-4-2-1-3-5-17/h1-7,15,18H,8-14,16H2,(H,23,25). The molecule has 4 rings (SSSR count). The van der Waals surface area contributed by atoms with E-state index in [1.807, 2.05) is 29.2 Å². The molecule has 6 heteroatoms. The average molecular weight is 382 g/mol. The number of nitrogens with one attached hydrogen (secondary N) is 1. The SMILES string of the molecule is O=C(NCCOc1ccc2c(c1)OCO2)N1CCC(Cc2ccccc2)CC1. The van der Waals surface area contributed by atoms with Crippen molar-refractivity contribution in [2.45, 2.75) is 19.3 Å². The Kier molecular flexibility index (Phi) is 5.85. The minimum Gasteiger partial charge on any atom is -0.492 e. The van der Waals surface area contributed by atoms with Crippen LogP contribution in [-0.2, 0) is 6.42 Å². The number of carbonyl (C=O) groups excluding carboxylic acids is 1. The summed E-state index contributed by atoms with van der Waals surface area (Å²) in [5.41, 5.74) is 1.38. The minimum absolute atomic E-state index is 0.00699.